The largest absolute Gasteiger partial charge is 0.360 e. The number of hydrogen-bond acceptors (Lipinski definition) is 5. The normalized spacial score (nSPS) is 11.1. The van der Waals surface area contributed by atoms with Crippen molar-refractivity contribution in [2.75, 3.05) is 12.4 Å². The standard InChI is InChI=1S/C19H23N5O2/c1-13-18(14(2)24(4)22-13)21-19(25)16-7-5-6-15(10-16)11-23(3)12-17-8-9-20-26-17/h5-10H,11-12H2,1-4H3,(H,21,25). The van der Waals surface area contributed by atoms with Gasteiger partial charge >= 0.3 is 0 Å². The third-order valence-electron chi connectivity index (χ3n) is 4.31. The smallest absolute Gasteiger partial charge is 0.255 e. The van der Waals surface area contributed by atoms with Crippen molar-refractivity contribution in [3.8, 4) is 0 Å². The highest BCUT2D eigenvalue weighted by Gasteiger charge is 2.14. The molecule has 0 aliphatic rings. The lowest BCUT2D eigenvalue weighted by Crippen LogP contribution is -2.18. The second kappa shape index (κ2) is 7.53. The van der Waals surface area contributed by atoms with E-state index < -0.39 is 0 Å². The lowest BCUT2D eigenvalue weighted by atomic mass is 10.1. The number of hydrogen-bond donors (Lipinski definition) is 1. The Bertz CT molecular complexity index is 899. The fourth-order valence-electron chi connectivity index (χ4n) is 2.91. The van der Waals surface area contributed by atoms with E-state index in [0.29, 0.717) is 18.7 Å². The van der Waals surface area contributed by atoms with Crippen molar-refractivity contribution in [3.05, 3.63) is 64.8 Å². The third-order valence-corrected chi connectivity index (χ3v) is 4.31. The van der Waals surface area contributed by atoms with Gasteiger partial charge in [-0.2, -0.15) is 5.10 Å². The summed E-state index contributed by atoms with van der Waals surface area (Å²) in [7, 11) is 3.86. The molecule has 2 aromatic heterocycles. The Morgan fingerprint density at radius 2 is 2.08 bits per heavy atom. The van der Waals surface area contributed by atoms with Gasteiger partial charge < -0.3 is 9.84 Å². The van der Waals surface area contributed by atoms with Gasteiger partial charge in [-0.25, -0.2) is 0 Å². The first-order valence-electron chi connectivity index (χ1n) is 8.42. The van der Waals surface area contributed by atoms with Crippen LogP contribution in [-0.2, 0) is 20.1 Å². The van der Waals surface area contributed by atoms with Crippen molar-refractivity contribution in [1.82, 2.24) is 19.8 Å². The maximum Gasteiger partial charge on any atom is 0.255 e. The average molecular weight is 353 g/mol. The van der Waals surface area contributed by atoms with Crippen molar-refractivity contribution in [2.24, 2.45) is 7.05 Å². The van der Waals surface area contributed by atoms with Crippen molar-refractivity contribution >= 4 is 11.6 Å². The van der Waals surface area contributed by atoms with Crippen LogP contribution in [0, 0.1) is 13.8 Å². The van der Waals surface area contributed by atoms with E-state index in [0.717, 1.165) is 28.4 Å². The summed E-state index contributed by atoms with van der Waals surface area (Å²) in [5, 5.41) is 11.0. The fraction of sp³-hybridized carbons (Fsp3) is 0.316. The molecule has 0 saturated heterocycles. The van der Waals surface area contributed by atoms with Gasteiger partial charge in [0.1, 0.15) is 0 Å². The van der Waals surface area contributed by atoms with E-state index in [-0.39, 0.29) is 5.91 Å². The Balaban J connectivity index is 1.69. The summed E-state index contributed by atoms with van der Waals surface area (Å²) in [4.78, 5) is 14.7. The van der Waals surface area contributed by atoms with Crippen LogP contribution in [0.1, 0.15) is 33.1 Å². The van der Waals surface area contributed by atoms with Gasteiger partial charge in [0.25, 0.3) is 5.91 Å². The zero-order valence-electron chi connectivity index (χ0n) is 15.5. The second-order valence-electron chi connectivity index (χ2n) is 6.47. The number of nitrogens with zero attached hydrogens (tertiary/aromatic N) is 4. The quantitative estimate of drug-likeness (QED) is 0.737. The van der Waals surface area contributed by atoms with Gasteiger partial charge in [-0.3, -0.25) is 14.4 Å². The second-order valence-corrected chi connectivity index (χ2v) is 6.47. The van der Waals surface area contributed by atoms with Crippen molar-refractivity contribution in [1.29, 1.82) is 0 Å². The summed E-state index contributed by atoms with van der Waals surface area (Å²) in [6.07, 6.45) is 1.64. The van der Waals surface area contributed by atoms with E-state index >= 15 is 0 Å². The van der Waals surface area contributed by atoms with E-state index in [4.69, 9.17) is 4.52 Å². The molecule has 0 unspecified atom stereocenters. The molecule has 26 heavy (non-hydrogen) atoms. The van der Waals surface area contributed by atoms with E-state index in [1.165, 1.54) is 0 Å². The molecule has 7 heteroatoms. The van der Waals surface area contributed by atoms with E-state index in [1.54, 1.807) is 10.9 Å². The van der Waals surface area contributed by atoms with Gasteiger partial charge in [0.05, 0.1) is 29.8 Å². The molecule has 0 bridgehead atoms. The van der Waals surface area contributed by atoms with E-state index in [1.807, 2.05) is 58.3 Å². The first-order chi connectivity index (χ1) is 12.4. The molecule has 2 heterocycles. The molecule has 3 aromatic rings. The van der Waals surface area contributed by atoms with Crippen molar-refractivity contribution in [3.63, 3.8) is 0 Å². The summed E-state index contributed by atoms with van der Waals surface area (Å²) in [6.45, 7) is 5.18. The zero-order chi connectivity index (χ0) is 18.7. The van der Waals surface area contributed by atoms with Crippen LogP contribution in [0.15, 0.2) is 41.1 Å². The molecule has 0 aliphatic heterocycles. The third kappa shape index (κ3) is 4.00. The molecule has 1 aromatic carbocycles. The first-order valence-corrected chi connectivity index (χ1v) is 8.42. The van der Waals surface area contributed by atoms with Crippen molar-refractivity contribution in [2.45, 2.75) is 26.9 Å². The number of carbonyl (C=O) groups is 1. The molecular weight excluding hydrogens is 330 g/mol. The highest BCUT2D eigenvalue weighted by molar-refractivity contribution is 6.04. The first kappa shape index (κ1) is 17.9. The zero-order valence-corrected chi connectivity index (χ0v) is 15.5. The topological polar surface area (TPSA) is 76.2 Å². The minimum atomic E-state index is -0.135. The van der Waals surface area contributed by atoms with Gasteiger partial charge in [-0.15, -0.1) is 0 Å². The van der Waals surface area contributed by atoms with E-state index in [9.17, 15) is 4.79 Å². The van der Waals surface area contributed by atoms with Gasteiger partial charge in [-0.05, 0) is 38.6 Å². The highest BCUT2D eigenvalue weighted by Crippen LogP contribution is 2.20. The lowest BCUT2D eigenvalue weighted by molar-refractivity contribution is 0.102. The SMILES string of the molecule is Cc1nn(C)c(C)c1NC(=O)c1cccc(CN(C)Cc2ccno2)c1. The van der Waals surface area contributed by atoms with Gasteiger partial charge in [0.15, 0.2) is 5.76 Å². The predicted octanol–water partition coefficient (Wildman–Crippen LogP) is 2.91. The monoisotopic (exact) mass is 353 g/mol. The van der Waals surface area contributed by atoms with Gasteiger partial charge in [0, 0.05) is 25.2 Å². The van der Waals surface area contributed by atoms with Crippen LogP contribution in [-0.4, -0.2) is 32.8 Å². The summed E-state index contributed by atoms with van der Waals surface area (Å²) in [5.41, 5.74) is 4.18. The molecule has 1 amide bonds. The highest BCUT2D eigenvalue weighted by atomic mass is 16.5. The van der Waals surface area contributed by atoms with Crippen LogP contribution in [0.3, 0.4) is 0 Å². The number of rotatable bonds is 6. The maximum atomic E-state index is 12.6. The van der Waals surface area contributed by atoms with Crippen LogP contribution in [0.5, 0.6) is 0 Å². The Labute approximate surface area is 152 Å². The number of nitrogens with one attached hydrogen (secondary N) is 1. The molecule has 3 rings (SSSR count). The average Bonchev–Trinajstić information content (AvgIpc) is 3.19. The minimum Gasteiger partial charge on any atom is -0.360 e. The Morgan fingerprint density at radius 1 is 1.27 bits per heavy atom. The van der Waals surface area contributed by atoms with Crippen LogP contribution < -0.4 is 5.32 Å². The Morgan fingerprint density at radius 3 is 2.73 bits per heavy atom. The van der Waals surface area contributed by atoms with Gasteiger partial charge in [-0.1, -0.05) is 17.3 Å². The van der Waals surface area contributed by atoms with Gasteiger partial charge in [0.2, 0.25) is 0 Å². The Hall–Kier alpha value is -2.93. The summed E-state index contributed by atoms with van der Waals surface area (Å²) < 4.78 is 6.89. The molecule has 0 radical (unpaired) electrons. The van der Waals surface area contributed by atoms with Crippen LogP contribution in [0.2, 0.25) is 0 Å². The lowest BCUT2D eigenvalue weighted by Gasteiger charge is -2.15. The van der Waals surface area contributed by atoms with Crippen LogP contribution in [0.4, 0.5) is 5.69 Å². The number of anilines is 1. The number of aryl methyl sites for hydroxylation is 2. The fourth-order valence-corrected chi connectivity index (χ4v) is 2.91. The summed E-state index contributed by atoms with van der Waals surface area (Å²) in [6, 6.07) is 9.48. The molecule has 0 spiro atoms. The van der Waals surface area contributed by atoms with Crippen molar-refractivity contribution < 1.29 is 9.32 Å². The number of aromatic nitrogens is 3. The number of carbonyl (C=O) groups excluding carboxylic acids is 1. The molecule has 0 fully saturated rings. The predicted molar refractivity (Wildman–Crippen MR) is 98.8 cm³/mol. The Kier molecular flexibility index (Phi) is 5.18. The van der Waals surface area contributed by atoms with E-state index in [2.05, 4.69) is 20.5 Å². The number of amides is 1. The molecule has 136 valence electrons. The molecule has 0 saturated carbocycles. The molecule has 0 atom stereocenters. The van der Waals surface area contributed by atoms with Crippen LogP contribution in [0.25, 0.3) is 0 Å². The van der Waals surface area contributed by atoms with Crippen LogP contribution >= 0.6 is 0 Å². The summed E-state index contributed by atoms with van der Waals surface area (Å²) in [5.74, 6) is 0.674. The number of benzene rings is 1. The molecule has 1 N–H and O–H groups in total. The molecule has 0 aliphatic carbocycles. The molecule has 7 nitrogen and oxygen atoms in total. The minimum absolute atomic E-state index is 0.135. The maximum absolute atomic E-state index is 12.6. The summed E-state index contributed by atoms with van der Waals surface area (Å²) >= 11 is 0. The molecular formula is C19H23N5O2.